The molecule has 1 fully saturated rings. The second kappa shape index (κ2) is 7.61. The van der Waals surface area contributed by atoms with Crippen LogP contribution in [-0.4, -0.2) is 35.9 Å². The van der Waals surface area contributed by atoms with Crippen molar-refractivity contribution >= 4 is 10.1 Å². The average Bonchev–Trinajstić information content (AvgIpc) is 2.99. The lowest BCUT2D eigenvalue weighted by Gasteiger charge is -2.36. The van der Waals surface area contributed by atoms with Crippen molar-refractivity contribution in [2.45, 2.75) is 49.9 Å². The van der Waals surface area contributed by atoms with E-state index in [1.165, 1.54) is 12.1 Å². The second-order valence-corrected chi connectivity index (χ2v) is 8.03. The van der Waals surface area contributed by atoms with Gasteiger partial charge in [0.25, 0.3) is 10.1 Å². The standard InChI is InChI=1S/C16H22F3NO4S/c17-16(18,19)13-6-3-5-12(11-13)14(21)15(7-1-2-8-15)20-9-4-10-25(22,23)24/h3,5-6,11,14,20-21H,1-2,4,7-10H2,(H,22,23,24). The van der Waals surface area contributed by atoms with Crippen LogP contribution >= 0.6 is 0 Å². The van der Waals surface area contributed by atoms with E-state index >= 15 is 0 Å². The van der Waals surface area contributed by atoms with Gasteiger partial charge in [-0.2, -0.15) is 21.6 Å². The number of hydrogen-bond acceptors (Lipinski definition) is 4. The summed E-state index contributed by atoms with van der Waals surface area (Å²) in [5.41, 5.74) is -1.42. The molecule has 0 amide bonds. The maximum absolute atomic E-state index is 12.9. The zero-order valence-electron chi connectivity index (χ0n) is 13.6. The fourth-order valence-electron chi connectivity index (χ4n) is 3.35. The third-order valence-electron chi connectivity index (χ3n) is 4.61. The molecular formula is C16H22F3NO4S. The monoisotopic (exact) mass is 381 g/mol. The Morgan fingerprint density at radius 1 is 1.24 bits per heavy atom. The van der Waals surface area contributed by atoms with Gasteiger partial charge >= 0.3 is 6.18 Å². The van der Waals surface area contributed by atoms with Crippen molar-refractivity contribution in [3.05, 3.63) is 35.4 Å². The Morgan fingerprint density at radius 2 is 1.88 bits per heavy atom. The molecule has 25 heavy (non-hydrogen) atoms. The quantitative estimate of drug-likeness (QED) is 0.499. The molecule has 1 unspecified atom stereocenters. The number of benzene rings is 1. The highest BCUT2D eigenvalue weighted by Gasteiger charge is 2.41. The summed E-state index contributed by atoms with van der Waals surface area (Å²) < 4.78 is 68.9. The minimum atomic E-state index is -4.48. The van der Waals surface area contributed by atoms with E-state index in [1.807, 2.05) is 0 Å². The van der Waals surface area contributed by atoms with Crippen molar-refractivity contribution in [2.24, 2.45) is 0 Å². The summed E-state index contributed by atoms with van der Waals surface area (Å²) in [6, 6.07) is 4.63. The van der Waals surface area contributed by atoms with Crippen LogP contribution in [0.2, 0.25) is 0 Å². The Hall–Kier alpha value is -1.16. The lowest BCUT2D eigenvalue weighted by atomic mass is 9.85. The van der Waals surface area contributed by atoms with E-state index in [2.05, 4.69) is 5.32 Å². The van der Waals surface area contributed by atoms with Gasteiger partial charge in [-0.1, -0.05) is 25.0 Å². The highest BCUT2D eigenvalue weighted by atomic mass is 32.2. The van der Waals surface area contributed by atoms with Crippen molar-refractivity contribution in [1.29, 1.82) is 0 Å². The van der Waals surface area contributed by atoms with Crippen LogP contribution in [0, 0.1) is 0 Å². The summed E-state index contributed by atoms with van der Waals surface area (Å²) in [5, 5.41) is 13.8. The third kappa shape index (κ3) is 5.40. The molecule has 0 heterocycles. The fourth-order valence-corrected chi connectivity index (χ4v) is 3.86. The molecule has 1 aliphatic rings. The molecule has 0 aliphatic heterocycles. The molecule has 0 radical (unpaired) electrons. The van der Waals surface area contributed by atoms with E-state index in [-0.39, 0.29) is 18.5 Å². The molecule has 0 saturated heterocycles. The molecular weight excluding hydrogens is 359 g/mol. The van der Waals surface area contributed by atoms with Gasteiger partial charge in [0.15, 0.2) is 0 Å². The van der Waals surface area contributed by atoms with E-state index in [4.69, 9.17) is 4.55 Å². The number of nitrogens with one attached hydrogen (secondary N) is 1. The van der Waals surface area contributed by atoms with E-state index in [1.54, 1.807) is 0 Å². The Labute approximate surface area is 145 Å². The molecule has 1 saturated carbocycles. The van der Waals surface area contributed by atoms with Gasteiger partial charge in [0.1, 0.15) is 0 Å². The number of rotatable bonds is 7. The van der Waals surface area contributed by atoms with Crippen LogP contribution in [0.3, 0.4) is 0 Å². The van der Waals surface area contributed by atoms with Crippen LogP contribution in [0.5, 0.6) is 0 Å². The fraction of sp³-hybridized carbons (Fsp3) is 0.625. The third-order valence-corrected chi connectivity index (χ3v) is 5.41. The summed E-state index contributed by atoms with van der Waals surface area (Å²) in [6.45, 7) is 0.232. The normalized spacial score (nSPS) is 19.1. The number of aliphatic hydroxyl groups is 1. The Bertz CT molecular complexity index is 685. The second-order valence-electron chi connectivity index (χ2n) is 6.46. The molecule has 5 nitrogen and oxygen atoms in total. The van der Waals surface area contributed by atoms with Gasteiger partial charge in [-0.15, -0.1) is 0 Å². The molecule has 3 N–H and O–H groups in total. The summed E-state index contributed by atoms with van der Waals surface area (Å²) in [7, 11) is -4.06. The van der Waals surface area contributed by atoms with Crippen molar-refractivity contribution in [1.82, 2.24) is 5.32 Å². The highest BCUT2D eigenvalue weighted by molar-refractivity contribution is 7.85. The van der Waals surface area contributed by atoms with Crippen molar-refractivity contribution in [3.8, 4) is 0 Å². The maximum Gasteiger partial charge on any atom is 0.416 e. The van der Waals surface area contributed by atoms with E-state index in [0.717, 1.165) is 25.0 Å². The van der Waals surface area contributed by atoms with Gasteiger partial charge in [-0.25, -0.2) is 0 Å². The Balaban J connectivity index is 2.13. The van der Waals surface area contributed by atoms with Crippen LogP contribution in [0.15, 0.2) is 24.3 Å². The predicted molar refractivity (Wildman–Crippen MR) is 86.6 cm³/mol. The Morgan fingerprint density at radius 3 is 2.44 bits per heavy atom. The SMILES string of the molecule is O=S(=O)(O)CCCNC1(C(O)c2cccc(C(F)(F)F)c2)CCCC1. The predicted octanol–water partition coefficient (Wildman–Crippen LogP) is 2.92. The highest BCUT2D eigenvalue weighted by Crippen LogP contribution is 2.41. The summed E-state index contributed by atoms with van der Waals surface area (Å²) in [4.78, 5) is 0. The molecule has 0 spiro atoms. The first-order valence-corrected chi connectivity index (χ1v) is 9.70. The molecule has 0 bridgehead atoms. The molecule has 1 aliphatic carbocycles. The first-order chi connectivity index (χ1) is 11.5. The molecule has 1 aromatic carbocycles. The van der Waals surface area contributed by atoms with Gasteiger partial charge in [0, 0.05) is 5.54 Å². The van der Waals surface area contributed by atoms with Crippen LogP contribution < -0.4 is 5.32 Å². The number of halogens is 3. The zero-order valence-corrected chi connectivity index (χ0v) is 14.4. The Kier molecular flexibility index (Phi) is 6.13. The van der Waals surface area contributed by atoms with Gasteiger partial charge in [0.05, 0.1) is 17.4 Å². The largest absolute Gasteiger partial charge is 0.416 e. The number of alkyl halides is 3. The van der Waals surface area contributed by atoms with Crippen molar-refractivity contribution < 1.29 is 31.2 Å². The summed E-state index contributed by atoms with van der Waals surface area (Å²) >= 11 is 0. The van der Waals surface area contributed by atoms with Gasteiger partial charge in [-0.05, 0) is 43.5 Å². The summed E-state index contributed by atoms with van der Waals surface area (Å²) in [5.74, 6) is -0.407. The molecule has 9 heteroatoms. The molecule has 142 valence electrons. The summed E-state index contributed by atoms with van der Waals surface area (Å²) in [6.07, 6.45) is -2.67. The van der Waals surface area contributed by atoms with Crippen LogP contribution in [0.4, 0.5) is 13.2 Å². The van der Waals surface area contributed by atoms with Gasteiger partial charge in [0.2, 0.25) is 0 Å². The van der Waals surface area contributed by atoms with Gasteiger partial charge < -0.3 is 10.4 Å². The van der Waals surface area contributed by atoms with Crippen LogP contribution in [-0.2, 0) is 16.3 Å². The molecule has 1 aromatic rings. The first-order valence-electron chi connectivity index (χ1n) is 8.09. The van der Waals surface area contributed by atoms with E-state index < -0.39 is 39.3 Å². The molecule has 0 aromatic heterocycles. The van der Waals surface area contributed by atoms with Crippen LogP contribution in [0.1, 0.15) is 49.3 Å². The molecule has 2 rings (SSSR count). The number of hydrogen-bond donors (Lipinski definition) is 3. The zero-order chi connectivity index (χ0) is 18.7. The topological polar surface area (TPSA) is 86.6 Å². The van der Waals surface area contributed by atoms with Gasteiger partial charge in [-0.3, -0.25) is 4.55 Å². The maximum atomic E-state index is 12.9. The van der Waals surface area contributed by atoms with E-state index in [0.29, 0.717) is 12.8 Å². The van der Waals surface area contributed by atoms with Crippen molar-refractivity contribution in [2.75, 3.05) is 12.3 Å². The minimum Gasteiger partial charge on any atom is -0.386 e. The first kappa shape index (κ1) is 20.2. The lowest BCUT2D eigenvalue weighted by molar-refractivity contribution is -0.137. The minimum absolute atomic E-state index is 0.149. The van der Waals surface area contributed by atoms with E-state index in [9.17, 15) is 26.7 Å². The smallest absolute Gasteiger partial charge is 0.386 e. The molecule has 1 atom stereocenters. The lowest BCUT2D eigenvalue weighted by Crippen LogP contribution is -2.48. The number of aliphatic hydroxyl groups excluding tert-OH is 1. The average molecular weight is 381 g/mol. The van der Waals surface area contributed by atoms with Crippen LogP contribution in [0.25, 0.3) is 0 Å². The van der Waals surface area contributed by atoms with Crippen molar-refractivity contribution in [3.63, 3.8) is 0 Å².